The van der Waals surface area contributed by atoms with Crippen molar-refractivity contribution in [1.29, 1.82) is 0 Å². The van der Waals surface area contributed by atoms with Gasteiger partial charge in [0.15, 0.2) is 0 Å². The predicted octanol–water partition coefficient (Wildman–Crippen LogP) is 2.13. The number of hydrogen-bond acceptors (Lipinski definition) is 5. The normalized spacial score (nSPS) is 15.0. The number of nitrogens with zero attached hydrogens (tertiary/aromatic N) is 2. The number of aryl methyl sites for hydroxylation is 1. The highest BCUT2D eigenvalue weighted by molar-refractivity contribution is 7.89. The largest absolute Gasteiger partial charge is 0.369 e. The minimum absolute atomic E-state index is 0.00748. The second kappa shape index (κ2) is 11.4. The van der Waals surface area contributed by atoms with E-state index in [0.29, 0.717) is 6.54 Å². The zero-order valence-corrected chi connectivity index (χ0v) is 19.2. The third-order valence-corrected chi connectivity index (χ3v) is 6.96. The molecule has 1 saturated heterocycles. The predicted molar refractivity (Wildman–Crippen MR) is 124 cm³/mol. The smallest absolute Gasteiger partial charge is 0.240 e. The molecule has 1 fully saturated rings. The van der Waals surface area contributed by atoms with E-state index >= 15 is 0 Å². The molecule has 2 aromatic carbocycles. The van der Waals surface area contributed by atoms with E-state index < -0.39 is 15.8 Å². The van der Waals surface area contributed by atoms with E-state index in [2.05, 4.69) is 51.0 Å². The first kappa shape index (κ1) is 24.2. The van der Waals surface area contributed by atoms with Crippen LogP contribution >= 0.6 is 0 Å². The number of carbonyl (C=O) groups excluding carboxylic acids is 1. The SMILES string of the molecule is Cc1cccc(N2CCN(CCCNC(=O)CCNS(=O)(=O)c3ccc(F)cc3)CC2)c1. The highest BCUT2D eigenvalue weighted by Crippen LogP contribution is 2.17. The van der Waals surface area contributed by atoms with Crippen LogP contribution in [0.25, 0.3) is 0 Å². The van der Waals surface area contributed by atoms with Crippen molar-refractivity contribution >= 4 is 21.6 Å². The Hall–Kier alpha value is -2.49. The molecular formula is C23H31FN4O3S. The summed E-state index contributed by atoms with van der Waals surface area (Å²) in [6.45, 7) is 7.54. The lowest BCUT2D eigenvalue weighted by Crippen LogP contribution is -2.47. The number of nitrogens with one attached hydrogen (secondary N) is 2. The lowest BCUT2D eigenvalue weighted by atomic mass is 10.2. The summed E-state index contributed by atoms with van der Waals surface area (Å²) in [5.41, 5.74) is 2.54. The van der Waals surface area contributed by atoms with E-state index in [0.717, 1.165) is 51.3 Å². The van der Waals surface area contributed by atoms with Gasteiger partial charge in [0.1, 0.15) is 5.82 Å². The van der Waals surface area contributed by atoms with Gasteiger partial charge in [0.2, 0.25) is 15.9 Å². The summed E-state index contributed by atoms with van der Waals surface area (Å²) >= 11 is 0. The van der Waals surface area contributed by atoms with Gasteiger partial charge in [0.05, 0.1) is 4.90 Å². The highest BCUT2D eigenvalue weighted by atomic mass is 32.2. The first-order valence-electron chi connectivity index (χ1n) is 10.9. The fourth-order valence-electron chi connectivity index (χ4n) is 3.67. The van der Waals surface area contributed by atoms with Crippen LogP contribution in [0, 0.1) is 12.7 Å². The fourth-order valence-corrected chi connectivity index (χ4v) is 4.70. The lowest BCUT2D eigenvalue weighted by molar-refractivity contribution is -0.120. The van der Waals surface area contributed by atoms with Gasteiger partial charge in [-0.3, -0.25) is 9.69 Å². The Morgan fingerprint density at radius 1 is 1.03 bits per heavy atom. The molecule has 7 nitrogen and oxygen atoms in total. The number of carbonyl (C=O) groups is 1. The molecule has 3 rings (SSSR count). The molecule has 2 N–H and O–H groups in total. The monoisotopic (exact) mass is 462 g/mol. The Morgan fingerprint density at radius 3 is 2.44 bits per heavy atom. The van der Waals surface area contributed by atoms with E-state index in [1.165, 1.54) is 23.4 Å². The van der Waals surface area contributed by atoms with Gasteiger partial charge in [0, 0.05) is 51.4 Å². The van der Waals surface area contributed by atoms with Crippen molar-refractivity contribution in [2.75, 3.05) is 50.7 Å². The molecule has 0 unspecified atom stereocenters. The van der Waals surface area contributed by atoms with E-state index in [9.17, 15) is 17.6 Å². The van der Waals surface area contributed by atoms with Gasteiger partial charge in [-0.2, -0.15) is 0 Å². The van der Waals surface area contributed by atoms with Crippen LogP contribution in [0.1, 0.15) is 18.4 Å². The zero-order valence-electron chi connectivity index (χ0n) is 18.4. The van der Waals surface area contributed by atoms with Gasteiger partial charge in [-0.25, -0.2) is 17.5 Å². The standard InChI is InChI=1S/C23H31FN4O3S/c1-19-4-2-5-21(18-19)28-16-14-27(15-17-28)13-3-11-25-23(29)10-12-26-32(30,31)22-8-6-20(24)7-9-22/h2,4-9,18,26H,3,10-17H2,1H3,(H,25,29). The Kier molecular flexibility index (Phi) is 8.60. The lowest BCUT2D eigenvalue weighted by Gasteiger charge is -2.36. The Labute approximate surface area is 189 Å². The van der Waals surface area contributed by atoms with Gasteiger partial charge in [0.25, 0.3) is 0 Å². The van der Waals surface area contributed by atoms with E-state index in [1.54, 1.807) is 0 Å². The van der Waals surface area contributed by atoms with Crippen molar-refractivity contribution in [3.63, 3.8) is 0 Å². The molecular weight excluding hydrogens is 431 g/mol. The van der Waals surface area contributed by atoms with Crippen LogP contribution in [0.15, 0.2) is 53.4 Å². The van der Waals surface area contributed by atoms with Crippen molar-refractivity contribution in [1.82, 2.24) is 14.9 Å². The zero-order chi connectivity index (χ0) is 23.0. The van der Waals surface area contributed by atoms with Gasteiger partial charge in [-0.1, -0.05) is 12.1 Å². The first-order chi connectivity index (χ1) is 15.3. The number of piperazine rings is 1. The van der Waals surface area contributed by atoms with Crippen LogP contribution in [0.4, 0.5) is 10.1 Å². The summed E-state index contributed by atoms with van der Waals surface area (Å²) in [6.07, 6.45) is 0.896. The summed E-state index contributed by atoms with van der Waals surface area (Å²) in [5.74, 6) is -0.701. The second-order valence-corrected chi connectivity index (χ2v) is 9.74. The molecule has 1 heterocycles. The summed E-state index contributed by atoms with van der Waals surface area (Å²) in [4.78, 5) is 16.7. The number of benzene rings is 2. The molecule has 174 valence electrons. The second-order valence-electron chi connectivity index (χ2n) is 7.97. The molecule has 0 aromatic heterocycles. The summed E-state index contributed by atoms with van der Waals surface area (Å²) in [5, 5.41) is 2.84. The Bertz CT molecular complexity index is 991. The molecule has 0 saturated carbocycles. The van der Waals surface area contributed by atoms with Gasteiger partial charge >= 0.3 is 0 Å². The third-order valence-electron chi connectivity index (χ3n) is 5.48. The molecule has 0 spiro atoms. The van der Waals surface area contributed by atoms with Crippen LogP contribution in [-0.4, -0.2) is 65.0 Å². The van der Waals surface area contributed by atoms with Gasteiger partial charge in [-0.15, -0.1) is 0 Å². The van der Waals surface area contributed by atoms with Gasteiger partial charge in [-0.05, 0) is 61.9 Å². The van der Waals surface area contributed by atoms with Crippen LogP contribution in [0.5, 0.6) is 0 Å². The van der Waals surface area contributed by atoms with Gasteiger partial charge < -0.3 is 10.2 Å². The summed E-state index contributed by atoms with van der Waals surface area (Å²) in [7, 11) is -3.75. The van der Waals surface area contributed by atoms with Crippen LogP contribution in [0.3, 0.4) is 0 Å². The number of anilines is 1. The van der Waals surface area contributed by atoms with Crippen molar-refractivity contribution in [2.45, 2.75) is 24.7 Å². The molecule has 9 heteroatoms. The minimum Gasteiger partial charge on any atom is -0.369 e. The van der Waals surface area contributed by atoms with Crippen LogP contribution < -0.4 is 14.9 Å². The highest BCUT2D eigenvalue weighted by Gasteiger charge is 2.17. The Morgan fingerprint density at radius 2 is 1.75 bits per heavy atom. The first-order valence-corrected chi connectivity index (χ1v) is 12.4. The van der Waals surface area contributed by atoms with E-state index in [4.69, 9.17) is 0 Å². The number of sulfonamides is 1. The molecule has 32 heavy (non-hydrogen) atoms. The molecule has 1 aliphatic rings. The van der Waals surface area contributed by atoms with Crippen molar-refractivity contribution in [3.05, 3.63) is 59.9 Å². The molecule has 0 atom stereocenters. The molecule has 0 bridgehead atoms. The number of rotatable bonds is 10. The number of amides is 1. The van der Waals surface area contributed by atoms with Crippen LogP contribution in [-0.2, 0) is 14.8 Å². The topological polar surface area (TPSA) is 81.8 Å². The summed E-state index contributed by atoms with van der Waals surface area (Å²) < 4.78 is 39.5. The summed E-state index contributed by atoms with van der Waals surface area (Å²) in [6, 6.07) is 13.1. The third kappa shape index (κ3) is 7.29. The molecule has 1 aliphatic heterocycles. The van der Waals surface area contributed by atoms with E-state index in [1.807, 2.05) is 0 Å². The number of halogens is 1. The average molecular weight is 463 g/mol. The quantitative estimate of drug-likeness (QED) is 0.529. The maximum Gasteiger partial charge on any atom is 0.240 e. The maximum absolute atomic E-state index is 12.9. The number of hydrogen-bond donors (Lipinski definition) is 2. The molecule has 0 aliphatic carbocycles. The maximum atomic E-state index is 12.9. The van der Waals surface area contributed by atoms with E-state index in [-0.39, 0.29) is 23.8 Å². The Balaban J connectivity index is 1.27. The van der Waals surface area contributed by atoms with Crippen molar-refractivity contribution in [3.8, 4) is 0 Å². The molecule has 0 radical (unpaired) electrons. The average Bonchev–Trinajstić information content (AvgIpc) is 2.77. The molecule has 2 aromatic rings. The minimum atomic E-state index is -3.75. The van der Waals surface area contributed by atoms with Crippen molar-refractivity contribution < 1.29 is 17.6 Å². The molecule has 1 amide bonds. The van der Waals surface area contributed by atoms with Crippen molar-refractivity contribution in [2.24, 2.45) is 0 Å². The van der Waals surface area contributed by atoms with Crippen LogP contribution in [0.2, 0.25) is 0 Å². The fraction of sp³-hybridized carbons (Fsp3) is 0.435.